The van der Waals surface area contributed by atoms with Crippen LogP contribution in [-0.2, 0) is 22.8 Å². The maximum atomic E-state index is 13.7. The van der Waals surface area contributed by atoms with Gasteiger partial charge in [0.25, 0.3) is 5.56 Å². The van der Waals surface area contributed by atoms with Gasteiger partial charge in [-0.1, -0.05) is 44.2 Å². The van der Waals surface area contributed by atoms with Gasteiger partial charge in [-0.05, 0) is 43.5 Å². The molecule has 42 heavy (non-hydrogen) atoms. The van der Waals surface area contributed by atoms with Gasteiger partial charge in [-0.25, -0.2) is 22.1 Å². The summed E-state index contributed by atoms with van der Waals surface area (Å²) in [7, 11) is -1.83. The predicted octanol–water partition coefficient (Wildman–Crippen LogP) is 5.09. The van der Waals surface area contributed by atoms with Crippen LogP contribution in [0.1, 0.15) is 39.2 Å². The van der Waals surface area contributed by atoms with Crippen LogP contribution in [0.4, 0.5) is 10.3 Å². The number of nitrogens with zero attached hydrogens (tertiary/aromatic N) is 4. The number of aryl methyl sites for hydroxylation is 1. The molecule has 0 aliphatic carbocycles. The first-order chi connectivity index (χ1) is 20.2. The van der Waals surface area contributed by atoms with Crippen LogP contribution in [-0.4, -0.2) is 53.0 Å². The number of piperidine rings is 1. The summed E-state index contributed by atoms with van der Waals surface area (Å²) in [5, 5.41) is 3.85. The Hall–Kier alpha value is -4.03. The van der Waals surface area contributed by atoms with Crippen LogP contribution in [0.5, 0.6) is 17.2 Å². The molecular formula is C30H36FN5O5S. The minimum Gasteiger partial charge on any atom is -0.490 e. The molecule has 10 nitrogen and oxygen atoms in total. The van der Waals surface area contributed by atoms with E-state index in [0.717, 1.165) is 5.56 Å². The van der Waals surface area contributed by atoms with Gasteiger partial charge in [0.15, 0.2) is 17.2 Å². The molecular weight excluding hydrogens is 561 g/mol. The number of pyridine rings is 1. The minimum atomic E-state index is -3.41. The Labute approximate surface area is 245 Å². The van der Waals surface area contributed by atoms with Gasteiger partial charge in [-0.15, -0.1) is 0 Å². The molecule has 2 aromatic carbocycles. The fourth-order valence-corrected chi connectivity index (χ4v) is 6.21. The van der Waals surface area contributed by atoms with Gasteiger partial charge in [-0.3, -0.25) is 9.36 Å². The lowest BCUT2D eigenvalue weighted by Crippen LogP contribution is -2.43. The molecule has 1 aliphatic rings. The smallest absolute Gasteiger partial charge is 0.294 e. The van der Waals surface area contributed by atoms with E-state index in [-0.39, 0.29) is 29.0 Å². The number of sulfonamides is 1. The lowest BCUT2D eigenvalue weighted by atomic mass is 10.1. The van der Waals surface area contributed by atoms with E-state index < -0.39 is 21.4 Å². The first-order valence-electron chi connectivity index (χ1n) is 14.0. The zero-order chi connectivity index (χ0) is 30.3. The fourth-order valence-electron chi connectivity index (χ4n) is 4.65. The van der Waals surface area contributed by atoms with E-state index in [4.69, 9.17) is 9.47 Å². The van der Waals surface area contributed by atoms with Gasteiger partial charge in [0, 0.05) is 43.8 Å². The Morgan fingerprint density at radius 1 is 1.02 bits per heavy atom. The molecule has 1 fully saturated rings. The van der Waals surface area contributed by atoms with Crippen molar-refractivity contribution in [3.8, 4) is 17.2 Å². The average Bonchev–Trinajstić information content (AvgIpc) is 2.99. The van der Waals surface area contributed by atoms with Crippen molar-refractivity contribution in [2.24, 2.45) is 7.05 Å². The number of anilines is 1. The van der Waals surface area contributed by atoms with Crippen molar-refractivity contribution < 1.29 is 22.3 Å². The third-order valence-corrected chi connectivity index (χ3v) is 8.56. The molecule has 5 rings (SSSR count). The number of hydrogen-bond acceptors (Lipinski definition) is 8. The molecule has 0 amide bonds. The Morgan fingerprint density at radius 2 is 1.74 bits per heavy atom. The Bertz CT molecular complexity index is 1670. The third-order valence-electron chi connectivity index (χ3n) is 6.71. The van der Waals surface area contributed by atoms with E-state index in [2.05, 4.69) is 15.3 Å². The summed E-state index contributed by atoms with van der Waals surface area (Å²) in [6.07, 6.45) is 2.78. The summed E-state index contributed by atoms with van der Waals surface area (Å²) in [5.74, 6) is 0.286. The molecule has 4 aromatic rings. The quantitative estimate of drug-likeness (QED) is 0.284. The number of ether oxygens (including phenoxy) is 2. The summed E-state index contributed by atoms with van der Waals surface area (Å²) in [6.45, 7) is 6.87. The zero-order valence-electron chi connectivity index (χ0n) is 24.2. The molecule has 0 saturated carbocycles. The number of rotatable bonds is 9. The SMILES string of the molecule is CC.CCOc1cc(F)ccc1Oc1cc2cnc(NC3CCN(S(=O)(=O)Cc4ccccc4)CC3)nc2n(C)c1=O. The number of benzene rings is 2. The van der Waals surface area contributed by atoms with Crippen LogP contribution in [0.2, 0.25) is 0 Å². The van der Waals surface area contributed by atoms with Gasteiger partial charge in [0.2, 0.25) is 16.0 Å². The molecule has 1 aliphatic heterocycles. The first kappa shape index (κ1) is 30.9. The molecule has 1 saturated heterocycles. The topological polar surface area (TPSA) is 116 Å². The average molecular weight is 598 g/mol. The zero-order valence-corrected chi connectivity index (χ0v) is 25.0. The van der Waals surface area contributed by atoms with E-state index in [9.17, 15) is 17.6 Å². The highest BCUT2D eigenvalue weighted by Gasteiger charge is 2.28. The predicted molar refractivity (Wildman–Crippen MR) is 161 cm³/mol. The van der Waals surface area contributed by atoms with Crippen molar-refractivity contribution >= 4 is 27.0 Å². The van der Waals surface area contributed by atoms with Crippen molar-refractivity contribution in [2.75, 3.05) is 25.0 Å². The second-order valence-electron chi connectivity index (χ2n) is 9.53. The number of hydrogen-bond donors (Lipinski definition) is 1. The van der Waals surface area contributed by atoms with E-state index in [1.165, 1.54) is 33.1 Å². The molecule has 0 atom stereocenters. The minimum absolute atomic E-state index is 0.0178. The lowest BCUT2D eigenvalue weighted by Gasteiger charge is -2.31. The second kappa shape index (κ2) is 13.8. The number of halogens is 1. The largest absolute Gasteiger partial charge is 0.490 e. The Kier molecular flexibility index (Phi) is 10.1. The van der Waals surface area contributed by atoms with Crippen LogP contribution in [0.15, 0.2) is 65.6 Å². The molecule has 0 unspecified atom stereocenters. The monoisotopic (exact) mass is 597 g/mol. The highest BCUT2D eigenvalue weighted by Crippen LogP contribution is 2.32. The van der Waals surface area contributed by atoms with E-state index in [1.54, 1.807) is 20.2 Å². The second-order valence-corrected chi connectivity index (χ2v) is 11.5. The number of aromatic nitrogens is 3. The van der Waals surface area contributed by atoms with E-state index in [0.29, 0.717) is 49.5 Å². The normalized spacial score (nSPS) is 14.2. The van der Waals surface area contributed by atoms with Crippen LogP contribution >= 0.6 is 0 Å². The van der Waals surface area contributed by atoms with Crippen LogP contribution in [0, 0.1) is 5.82 Å². The van der Waals surface area contributed by atoms with E-state index in [1.807, 2.05) is 44.2 Å². The molecule has 224 valence electrons. The van der Waals surface area contributed by atoms with Crippen LogP contribution in [0.3, 0.4) is 0 Å². The maximum Gasteiger partial charge on any atom is 0.294 e. The van der Waals surface area contributed by atoms with Gasteiger partial charge in [0.05, 0.1) is 12.4 Å². The molecule has 2 aromatic heterocycles. The van der Waals surface area contributed by atoms with Crippen molar-refractivity contribution in [1.29, 1.82) is 0 Å². The highest BCUT2D eigenvalue weighted by molar-refractivity contribution is 7.88. The summed E-state index contributed by atoms with van der Waals surface area (Å²) >= 11 is 0. The van der Waals surface area contributed by atoms with E-state index >= 15 is 0 Å². The highest BCUT2D eigenvalue weighted by atomic mass is 32.2. The molecule has 0 spiro atoms. The number of nitrogens with one attached hydrogen (secondary N) is 1. The molecule has 0 radical (unpaired) electrons. The summed E-state index contributed by atoms with van der Waals surface area (Å²) in [4.78, 5) is 22.0. The van der Waals surface area contributed by atoms with Crippen LogP contribution in [0.25, 0.3) is 11.0 Å². The van der Waals surface area contributed by atoms with Gasteiger partial charge < -0.3 is 14.8 Å². The summed E-state index contributed by atoms with van der Waals surface area (Å²) in [5.41, 5.74) is 0.738. The maximum absolute atomic E-state index is 13.7. The van der Waals surface area contributed by atoms with Gasteiger partial charge >= 0.3 is 0 Å². The molecule has 3 heterocycles. The molecule has 12 heteroatoms. The third kappa shape index (κ3) is 7.24. The van der Waals surface area contributed by atoms with Crippen molar-refractivity contribution in [3.63, 3.8) is 0 Å². The summed E-state index contributed by atoms with van der Waals surface area (Å²) in [6, 6.07) is 14.5. The fraction of sp³-hybridized carbons (Fsp3) is 0.367. The van der Waals surface area contributed by atoms with Gasteiger partial charge in [0.1, 0.15) is 11.5 Å². The Morgan fingerprint density at radius 3 is 2.43 bits per heavy atom. The standard InChI is InChI=1S/C28H30FN5O5S.C2H6/c1-3-38-24-16-21(29)9-10-23(24)39-25-15-20-17-30-28(32-26(20)33(2)27(25)35)31-22-11-13-34(14-12-22)40(36,37)18-19-7-5-4-6-8-19;1-2/h4-10,15-17,22H,3,11-14,18H2,1-2H3,(H,30,31,32);1-2H3. The molecule has 0 bridgehead atoms. The number of fused-ring (bicyclic) bond motifs is 1. The first-order valence-corrected chi connectivity index (χ1v) is 15.6. The van der Waals surface area contributed by atoms with Gasteiger partial charge in [-0.2, -0.15) is 4.98 Å². The van der Waals surface area contributed by atoms with Crippen LogP contribution < -0.4 is 20.3 Å². The van der Waals surface area contributed by atoms with Crippen molar-refractivity contribution in [1.82, 2.24) is 18.8 Å². The van der Waals surface area contributed by atoms with Crippen molar-refractivity contribution in [3.05, 3.63) is 82.5 Å². The van der Waals surface area contributed by atoms with Crippen molar-refractivity contribution in [2.45, 2.75) is 45.4 Å². The lowest BCUT2D eigenvalue weighted by molar-refractivity contribution is 0.318. The molecule has 1 N–H and O–H groups in total. The Balaban J connectivity index is 0.00000198. The summed E-state index contributed by atoms with van der Waals surface area (Å²) < 4.78 is 53.5.